The largest absolute Gasteiger partial charge is 0.330 e. The number of hydrogen-bond donors (Lipinski definition) is 2. The van der Waals surface area contributed by atoms with E-state index in [9.17, 15) is 0 Å². The third-order valence-electron chi connectivity index (χ3n) is 2.61. The third kappa shape index (κ3) is 3.94. The van der Waals surface area contributed by atoms with Gasteiger partial charge >= 0.3 is 0 Å². The van der Waals surface area contributed by atoms with E-state index in [0.717, 1.165) is 32.5 Å². The van der Waals surface area contributed by atoms with Crippen LogP contribution in [0.15, 0.2) is 6.20 Å². The minimum atomic E-state index is 0.488. The van der Waals surface area contributed by atoms with Crippen LogP contribution < -0.4 is 11.1 Å². The molecule has 0 atom stereocenters. The second-order valence-corrected chi connectivity index (χ2v) is 4.54. The average Bonchev–Trinajstić information content (AvgIpc) is 2.59. The van der Waals surface area contributed by atoms with Gasteiger partial charge < -0.3 is 11.1 Å². The number of aryl methyl sites for hydroxylation is 1. The van der Waals surface area contributed by atoms with Crippen molar-refractivity contribution in [3.63, 3.8) is 0 Å². The molecular formula is C12H24N4. The van der Waals surface area contributed by atoms with Crippen LogP contribution in [-0.2, 0) is 13.6 Å². The van der Waals surface area contributed by atoms with Gasteiger partial charge in [0.15, 0.2) is 0 Å². The van der Waals surface area contributed by atoms with Gasteiger partial charge in [-0.25, -0.2) is 0 Å². The first-order valence-corrected chi connectivity index (χ1v) is 6.08. The molecule has 4 heteroatoms. The first-order valence-electron chi connectivity index (χ1n) is 6.08. The lowest BCUT2D eigenvalue weighted by molar-refractivity contribution is 0.622. The molecule has 0 bridgehead atoms. The number of hydrogen-bond acceptors (Lipinski definition) is 3. The number of unbranched alkanes of at least 4 members (excludes halogenated alkanes) is 1. The topological polar surface area (TPSA) is 55.9 Å². The van der Waals surface area contributed by atoms with Gasteiger partial charge in [0, 0.05) is 25.4 Å². The molecule has 0 aromatic carbocycles. The Bertz CT molecular complexity index is 304. The van der Waals surface area contributed by atoms with E-state index in [1.54, 1.807) is 0 Å². The Hall–Kier alpha value is -0.870. The summed E-state index contributed by atoms with van der Waals surface area (Å²) in [5.41, 5.74) is 7.96. The second-order valence-electron chi connectivity index (χ2n) is 4.54. The molecule has 0 saturated heterocycles. The van der Waals surface area contributed by atoms with Crippen molar-refractivity contribution in [1.29, 1.82) is 0 Å². The maximum atomic E-state index is 5.45. The van der Waals surface area contributed by atoms with Crippen molar-refractivity contribution in [3.8, 4) is 0 Å². The lowest BCUT2D eigenvalue weighted by atomic mass is 10.1. The van der Waals surface area contributed by atoms with E-state index in [0.29, 0.717) is 5.92 Å². The standard InChI is InChI=1S/C12H24N4/c1-10(2)12-11(9-16(3)15-12)8-14-7-5-4-6-13/h9-10,14H,4-8,13H2,1-3H3. The van der Waals surface area contributed by atoms with Crippen LogP contribution in [-0.4, -0.2) is 22.9 Å². The van der Waals surface area contributed by atoms with Crippen molar-refractivity contribution in [2.24, 2.45) is 12.8 Å². The summed E-state index contributed by atoms with van der Waals surface area (Å²) in [5, 5.41) is 7.92. The van der Waals surface area contributed by atoms with E-state index < -0.39 is 0 Å². The van der Waals surface area contributed by atoms with E-state index in [-0.39, 0.29) is 0 Å². The van der Waals surface area contributed by atoms with E-state index in [2.05, 4.69) is 30.5 Å². The van der Waals surface area contributed by atoms with E-state index in [1.807, 2.05) is 11.7 Å². The summed E-state index contributed by atoms with van der Waals surface area (Å²) in [6.07, 6.45) is 4.34. The molecule has 3 N–H and O–H groups in total. The summed E-state index contributed by atoms with van der Waals surface area (Å²) in [6.45, 7) is 7.09. The highest BCUT2D eigenvalue weighted by molar-refractivity contribution is 5.19. The van der Waals surface area contributed by atoms with Gasteiger partial charge in [0.05, 0.1) is 5.69 Å². The summed E-state index contributed by atoms with van der Waals surface area (Å²) >= 11 is 0. The van der Waals surface area contributed by atoms with Crippen molar-refractivity contribution >= 4 is 0 Å². The first kappa shape index (κ1) is 13.2. The highest BCUT2D eigenvalue weighted by Gasteiger charge is 2.10. The SMILES string of the molecule is CC(C)c1nn(C)cc1CNCCCCN. The summed E-state index contributed by atoms with van der Waals surface area (Å²) in [6, 6.07) is 0. The van der Waals surface area contributed by atoms with Crippen molar-refractivity contribution in [2.75, 3.05) is 13.1 Å². The van der Waals surface area contributed by atoms with Crippen LogP contribution in [0.5, 0.6) is 0 Å². The van der Waals surface area contributed by atoms with Gasteiger partial charge in [-0.05, 0) is 31.8 Å². The summed E-state index contributed by atoms with van der Waals surface area (Å²) in [5.74, 6) is 0.488. The van der Waals surface area contributed by atoms with E-state index in [4.69, 9.17) is 5.73 Å². The molecule has 1 aromatic heterocycles. The Morgan fingerprint density at radius 2 is 2.19 bits per heavy atom. The van der Waals surface area contributed by atoms with Crippen LogP contribution in [0.2, 0.25) is 0 Å². The third-order valence-corrected chi connectivity index (χ3v) is 2.61. The molecule has 0 saturated carbocycles. The first-order chi connectivity index (χ1) is 7.65. The van der Waals surface area contributed by atoms with Crippen molar-refractivity contribution < 1.29 is 0 Å². The maximum Gasteiger partial charge on any atom is 0.0694 e. The molecule has 1 aromatic rings. The predicted octanol–water partition coefficient (Wildman–Crippen LogP) is 1.37. The predicted molar refractivity (Wildman–Crippen MR) is 67.3 cm³/mol. The van der Waals surface area contributed by atoms with Crippen molar-refractivity contribution in [3.05, 3.63) is 17.5 Å². The number of nitrogens with zero attached hydrogens (tertiary/aromatic N) is 2. The minimum Gasteiger partial charge on any atom is -0.330 e. The van der Waals surface area contributed by atoms with Gasteiger partial charge in [0.1, 0.15) is 0 Å². The molecule has 0 spiro atoms. The average molecular weight is 224 g/mol. The normalized spacial score (nSPS) is 11.3. The van der Waals surface area contributed by atoms with Gasteiger partial charge in [-0.3, -0.25) is 4.68 Å². The molecule has 0 aliphatic rings. The lowest BCUT2D eigenvalue weighted by Crippen LogP contribution is -2.16. The second kappa shape index (κ2) is 6.66. The van der Waals surface area contributed by atoms with E-state index in [1.165, 1.54) is 11.3 Å². The minimum absolute atomic E-state index is 0.488. The Morgan fingerprint density at radius 3 is 2.81 bits per heavy atom. The number of aromatic nitrogens is 2. The Labute approximate surface area is 98.2 Å². The monoisotopic (exact) mass is 224 g/mol. The number of nitrogens with one attached hydrogen (secondary N) is 1. The van der Waals surface area contributed by atoms with Gasteiger partial charge in [-0.1, -0.05) is 13.8 Å². The van der Waals surface area contributed by atoms with Gasteiger partial charge in [0.25, 0.3) is 0 Å². The molecule has 0 fully saturated rings. The molecular weight excluding hydrogens is 200 g/mol. The van der Waals surface area contributed by atoms with Crippen LogP contribution in [0.25, 0.3) is 0 Å². The van der Waals surface area contributed by atoms with Crippen molar-refractivity contribution in [2.45, 2.75) is 39.2 Å². The van der Waals surface area contributed by atoms with Crippen LogP contribution in [0.3, 0.4) is 0 Å². The Balaban J connectivity index is 2.40. The molecule has 0 amide bonds. The Morgan fingerprint density at radius 1 is 1.44 bits per heavy atom. The van der Waals surface area contributed by atoms with Crippen LogP contribution in [0, 0.1) is 0 Å². The summed E-state index contributed by atoms with van der Waals surface area (Å²) in [7, 11) is 1.98. The molecule has 0 radical (unpaired) electrons. The molecule has 0 aliphatic heterocycles. The van der Waals surface area contributed by atoms with Crippen molar-refractivity contribution in [1.82, 2.24) is 15.1 Å². The number of nitrogens with two attached hydrogens (primary N) is 1. The van der Waals surface area contributed by atoms with E-state index >= 15 is 0 Å². The molecule has 0 aliphatic carbocycles. The van der Waals surface area contributed by atoms with Crippen LogP contribution in [0.1, 0.15) is 43.9 Å². The highest BCUT2D eigenvalue weighted by Crippen LogP contribution is 2.16. The van der Waals surface area contributed by atoms with Gasteiger partial charge in [0.2, 0.25) is 0 Å². The fourth-order valence-corrected chi connectivity index (χ4v) is 1.79. The van der Waals surface area contributed by atoms with Gasteiger partial charge in [-0.15, -0.1) is 0 Å². The van der Waals surface area contributed by atoms with Crippen LogP contribution >= 0.6 is 0 Å². The summed E-state index contributed by atoms with van der Waals surface area (Å²) < 4.78 is 1.90. The molecule has 1 rings (SSSR count). The zero-order valence-corrected chi connectivity index (χ0v) is 10.7. The zero-order valence-electron chi connectivity index (χ0n) is 10.7. The number of rotatable bonds is 7. The smallest absolute Gasteiger partial charge is 0.0694 e. The fourth-order valence-electron chi connectivity index (χ4n) is 1.79. The highest BCUT2D eigenvalue weighted by atomic mass is 15.3. The molecule has 16 heavy (non-hydrogen) atoms. The zero-order chi connectivity index (χ0) is 12.0. The van der Waals surface area contributed by atoms with Gasteiger partial charge in [-0.2, -0.15) is 5.10 Å². The maximum absolute atomic E-state index is 5.45. The lowest BCUT2D eigenvalue weighted by Gasteiger charge is -2.06. The molecule has 92 valence electrons. The van der Waals surface area contributed by atoms with Crippen LogP contribution in [0.4, 0.5) is 0 Å². The fraction of sp³-hybridized carbons (Fsp3) is 0.750. The molecule has 4 nitrogen and oxygen atoms in total. The molecule has 0 unspecified atom stereocenters. The quantitative estimate of drug-likeness (QED) is 0.688. The Kier molecular flexibility index (Phi) is 5.49. The summed E-state index contributed by atoms with van der Waals surface area (Å²) in [4.78, 5) is 0. The molecule has 1 heterocycles.